The van der Waals surface area contributed by atoms with Crippen molar-refractivity contribution in [1.29, 1.82) is 10.5 Å². The molecule has 0 bridgehead atoms. The van der Waals surface area contributed by atoms with E-state index in [0.29, 0.717) is 17.9 Å². The highest BCUT2D eigenvalue weighted by Gasteiger charge is 2.18. The zero-order valence-electron chi connectivity index (χ0n) is 14.8. The van der Waals surface area contributed by atoms with Crippen LogP contribution in [-0.4, -0.2) is 11.6 Å². The van der Waals surface area contributed by atoms with Crippen molar-refractivity contribution in [2.24, 2.45) is 0 Å². The number of hydrogen-bond donors (Lipinski definition) is 2. The molecular formula is C22H16N4O2. The zero-order valence-corrected chi connectivity index (χ0v) is 14.8. The van der Waals surface area contributed by atoms with Gasteiger partial charge >= 0.3 is 0 Å². The predicted molar refractivity (Wildman–Crippen MR) is 107 cm³/mol. The number of ether oxygens (including phenoxy) is 1. The van der Waals surface area contributed by atoms with Crippen molar-refractivity contribution in [2.75, 3.05) is 12.3 Å². The van der Waals surface area contributed by atoms with Crippen LogP contribution in [0.25, 0.3) is 17.2 Å². The smallest absolute Gasteiger partial charge is 0.268 e. The van der Waals surface area contributed by atoms with Crippen LogP contribution in [0, 0.1) is 22.7 Å². The third kappa shape index (κ3) is 3.92. The van der Waals surface area contributed by atoms with Crippen molar-refractivity contribution in [2.45, 2.75) is 0 Å². The number of aromatic amines is 1. The average Bonchev–Trinajstić information content (AvgIpc) is 2.72. The van der Waals surface area contributed by atoms with Gasteiger partial charge in [-0.25, -0.2) is 0 Å². The van der Waals surface area contributed by atoms with Crippen molar-refractivity contribution in [3.63, 3.8) is 0 Å². The van der Waals surface area contributed by atoms with Crippen LogP contribution in [0.4, 0.5) is 5.82 Å². The summed E-state index contributed by atoms with van der Waals surface area (Å²) in [6, 6.07) is 20.5. The first kappa shape index (κ1) is 18.5. The zero-order chi connectivity index (χ0) is 19.9. The Balaban J connectivity index is 1.89. The summed E-state index contributed by atoms with van der Waals surface area (Å²) in [5, 5.41) is 18.8. The number of H-pyrrole nitrogens is 1. The third-order valence-corrected chi connectivity index (χ3v) is 4.05. The molecule has 0 aliphatic carbocycles. The van der Waals surface area contributed by atoms with Crippen molar-refractivity contribution in [3.05, 3.63) is 87.7 Å². The van der Waals surface area contributed by atoms with Gasteiger partial charge in [0.05, 0.1) is 0 Å². The molecule has 0 aliphatic heterocycles. The van der Waals surface area contributed by atoms with Gasteiger partial charge in [0.25, 0.3) is 5.56 Å². The summed E-state index contributed by atoms with van der Waals surface area (Å²) in [6.07, 6.45) is 3.83. The standard InChI is InChI=1S/C22H16N4O2/c23-13-18-20(19(14-24)22(27)26-21(18)25)16-9-4-10-17(12-16)28-11-5-8-15-6-2-1-3-7-15/h1-10,12H,11H2,(H3,25,26,27). The first-order valence-electron chi connectivity index (χ1n) is 8.45. The highest BCUT2D eigenvalue weighted by atomic mass is 16.5. The second-order valence-electron chi connectivity index (χ2n) is 5.87. The number of rotatable bonds is 5. The fraction of sp³-hybridized carbons (Fsp3) is 0.0455. The molecule has 6 nitrogen and oxygen atoms in total. The molecule has 0 spiro atoms. The normalized spacial score (nSPS) is 10.4. The maximum absolute atomic E-state index is 12.1. The van der Waals surface area contributed by atoms with Crippen LogP contribution >= 0.6 is 0 Å². The molecule has 0 aliphatic rings. The van der Waals surface area contributed by atoms with Gasteiger partial charge in [0.1, 0.15) is 41.4 Å². The van der Waals surface area contributed by atoms with E-state index in [2.05, 4.69) is 4.98 Å². The number of nitriles is 2. The van der Waals surface area contributed by atoms with Crippen molar-refractivity contribution >= 4 is 11.9 Å². The molecule has 1 aromatic heterocycles. The number of nitrogen functional groups attached to an aromatic ring is 1. The molecule has 1 heterocycles. The van der Waals surface area contributed by atoms with Gasteiger partial charge in [0, 0.05) is 5.56 Å². The van der Waals surface area contributed by atoms with Gasteiger partial charge in [-0.3, -0.25) is 4.79 Å². The lowest BCUT2D eigenvalue weighted by molar-refractivity contribution is 0.364. The lowest BCUT2D eigenvalue weighted by atomic mass is 9.96. The topological polar surface area (TPSA) is 116 Å². The minimum absolute atomic E-state index is 0.0530. The summed E-state index contributed by atoms with van der Waals surface area (Å²) in [7, 11) is 0. The van der Waals surface area contributed by atoms with Gasteiger partial charge in [-0.05, 0) is 29.3 Å². The third-order valence-electron chi connectivity index (χ3n) is 4.05. The summed E-state index contributed by atoms with van der Waals surface area (Å²) in [5.74, 6) is 0.473. The number of nitrogens with one attached hydrogen (secondary N) is 1. The Labute approximate surface area is 161 Å². The van der Waals surface area contributed by atoms with Gasteiger partial charge in [-0.2, -0.15) is 10.5 Å². The van der Waals surface area contributed by atoms with E-state index in [1.54, 1.807) is 24.3 Å². The van der Waals surface area contributed by atoms with Gasteiger partial charge < -0.3 is 15.5 Å². The van der Waals surface area contributed by atoms with Crippen molar-refractivity contribution in [1.82, 2.24) is 4.98 Å². The summed E-state index contributed by atoms with van der Waals surface area (Å²) >= 11 is 0. The van der Waals surface area contributed by atoms with E-state index in [0.717, 1.165) is 5.56 Å². The van der Waals surface area contributed by atoms with Crippen molar-refractivity contribution < 1.29 is 4.74 Å². The van der Waals surface area contributed by atoms with Gasteiger partial charge in [0.15, 0.2) is 0 Å². The fourth-order valence-corrected chi connectivity index (χ4v) is 2.77. The van der Waals surface area contributed by atoms with Crippen LogP contribution in [0.1, 0.15) is 16.7 Å². The van der Waals surface area contributed by atoms with E-state index in [1.165, 1.54) is 0 Å². The number of anilines is 1. The lowest BCUT2D eigenvalue weighted by Crippen LogP contribution is -2.16. The minimum atomic E-state index is -0.633. The molecule has 0 saturated heterocycles. The lowest BCUT2D eigenvalue weighted by Gasteiger charge is -2.10. The van der Waals surface area contributed by atoms with Crippen LogP contribution in [0.2, 0.25) is 0 Å². The molecule has 3 rings (SSSR count). The summed E-state index contributed by atoms with van der Waals surface area (Å²) < 4.78 is 5.73. The molecule has 0 fully saturated rings. The van der Waals surface area contributed by atoms with E-state index in [9.17, 15) is 15.3 Å². The van der Waals surface area contributed by atoms with E-state index < -0.39 is 5.56 Å². The van der Waals surface area contributed by atoms with Gasteiger partial charge in [-0.15, -0.1) is 0 Å². The van der Waals surface area contributed by atoms with E-state index >= 15 is 0 Å². The summed E-state index contributed by atoms with van der Waals surface area (Å²) in [5.41, 5.74) is 6.80. The maximum atomic E-state index is 12.1. The maximum Gasteiger partial charge on any atom is 0.268 e. The Kier molecular flexibility index (Phi) is 5.55. The minimum Gasteiger partial charge on any atom is -0.490 e. The Morgan fingerprint density at radius 2 is 1.79 bits per heavy atom. The Bertz CT molecular complexity index is 1170. The Morgan fingerprint density at radius 3 is 2.50 bits per heavy atom. The van der Waals surface area contributed by atoms with Crippen molar-refractivity contribution in [3.8, 4) is 29.0 Å². The van der Waals surface area contributed by atoms with Crippen LogP contribution in [0.3, 0.4) is 0 Å². The number of aromatic nitrogens is 1. The quantitative estimate of drug-likeness (QED) is 0.715. The molecule has 0 atom stereocenters. The summed E-state index contributed by atoms with van der Waals surface area (Å²) in [4.78, 5) is 14.4. The van der Waals surface area contributed by atoms with E-state index in [1.807, 2.05) is 54.6 Å². The Morgan fingerprint density at radius 1 is 1.04 bits per heavy atom. The highest BCUT2D eigenvalue weighted by molar-refractivity contribution is 5.80. The van der Waals surface area contributed by atoms with Crippen LogP contribution < -0.4 is 16.0 Å². The van der Waals surface area contributed by atoms with Crippen LogP contribution in [-0.2, 0) is 0 Å². The molecule has 0 amide bonds. The molecule has 2 aromatic carbocycles. The first-order valence-corrected chi connectivity index (χ1v) is 8.45. The van der Waals surface area contributed by atoms with Gasteiger partial charge in [0.2, 0.25) is 0 Å². The average molecular weight is 368 g/mol. The molecule has 0 unspecified atom stereocenters. The molecule has 0 saturated carbocycles. The SMILES string of the molecule is N#Cc1c(N)[nH]c(=O)c(C#N)c1-c1cccc(OCC=Cc2ccccc2)c1. The second-order valence-corrected chi connectivity index (χ2v) is 5.87. The first-order chi connectivity index (χ1) is 13.6. The molecular weight excluding hydrogens is 352 g/mol. The van der Waals surface area contributed by atoms with Crippen LogP contribution in [0.15, 0.2) is 65.5 Å². The number of hydrogen-bond acceptors (Lipinski definition) is 5. The molecule has 3 N–H and O–H groups in total. The number of nitrogens with zero attached hydrogens (tertiary/aromatic N) is 2. The number of nitrogens with two attached hydrogens (primary N) is 1. The number of pyridine rings is 1. The molecule has 6 heteroatoms. The fourth-order valence-electron chi connectivity index (χ4n) is 2.77. The van der Waals surface area contributed by atoms with Crippen LogP contribution in [0.5, 0.6) is 5.75 Å². The van der Waals surface area contributed by atoms with E-state index in [4.69, 9.17) is 10.5 Å². The van der Waals surface area contributed by atoms with Gasteiger partial charge in [-0.1, -0.05) is 48.5 Å². The predicted octanol–water partition coefficient (Wildman–Crippen LogP) is 3.46. The largest absolute Gasteiger partial charge is 0.490 e. The summed E-state index contributed by atoms with van der Waals surface area (Å²) in [6.45, 7) is 0.339. The molecule has 0 radical (unpaired) electrons. The molecule has 28 heavy (non-hydrogen) atoms. The highest BCUT2D eigenvalue weighted by Crippen LogP contribution is 2.30. The second kappa shape index (κ2) is 8.39. The number of benzene rings is 2. The molecule has 3 aromatic rings. The molecule has 136 valence electrons. The van der Waals surface area contributed by atoms with E-state index in [-0.39, 0.29) is 22.5 Å². The Hall–Kier alpha value is -4.29. The monoisotopic (exact) mass is 368 g/mol.